The van der Waals surface area contributed by atoms with Crippen LogP contribution in [0.25, 0.3) is 11.4 Å². The first-order valence-electron chi connectivity index (χ1n) is 7.11. The molecule has 0 amide bonds. The molecule has 7 heteroatoms. The zero-order valence-corrected chi connectivity index (χ0v) is 13.8. The van der Waals surface area contributed by atoms with Crippen molar-refractivity contribution in [1.82, 2.24) is 14.8 Å². The van der Waals surface area contributed by atoms with Crippen molar-refractivity contribution in [2.45, 2.75) is 26.2 Å². The lowest BCUT2D eigenvalue weighted by Crippen LogP contribution is -2.14. The van der Waals surface area contributed by atoms with E-state index in [1.807, 2.05) is 19.1 Å². The van der Waals surface area contributed by atoms with Gasteiger partial charge in [-0.05, 0) is 25.0 Å². The van der Waals surface area contributed by atoms with Gasteiger partial charge in [0.1, 0.15) is 0 Å². The molecule has 0 aliphatic carbocycles. The van der Waals surface area contributed by atoms with E-state index in [0.717, 1.165) is 6.42 Å². The molecule has 0 spiro atoms. The van der Waals surface area contributed by atoms with Crippen molar-refractivity contribution >= 4 is 29.1 Å². The monoisotopic (exact) mass is 341 g/mol. The first-order valence-corrected chi connectivity index (χ1v) is 8.02. The minimum Gasteiger partial charge on any atom is -0.462 e. The number of benzene rings is 1. The molecule has 0 aliphatic heterocycles. The van der Waals surface area contributed by atoms with Crippen LogP contribution in [0.5, 0.6) is 6.01 Å². The van der Waals surface area contributed by atoms with Crippen molar-refractivity contribution in [3.63, 3.8) is 0 Å². The molecule has 5 nitrogen and oxygen atoms in total. The SMILES string of the molecule is CCCOc1nc(-c2ccccc2Cl)n(C(=O)CCCCl)n1. The Balaban J connectivity index is 2.39. The van der Waals surface area contributed by atoms with E-state index in [0.29, 0.717) is 35.3 Å². The van der Waals surface area contributed by atoms with Crippen LogP contribution in [-0.4, -0.2) is 33.2 Å². The summed E-state index contributed by atoms with van der Waals surface area (Å²) < 4.78 is 6.68. The predicted molar refractivity (Wildman–Crippen MR) is 86.8 cm³/mol. The van der Waals surface area contributed by atoms with Crippen LogP contribution in [0.1, 0.15) is 31.0 Å². The third kappa shape index (κ3) is 3.99. The summed E-state index contributed by atoms with van der Waals surface area (Å²) >= 11 is 11.8. The van der Waals surface area contributed by atoms with Gasteiger partial charge in [-0.3, -0.25) is 4.79 Å². The molecular weight excluding hydrogens is 325 g/mol. The predicted octanol–water partition coefficient (Wildman–Crippen LogP) is 4.05. The molecule has 0 N–H and O–H groups in total. The molecule has 22 heavy (non-hydrogen) atoms. The van der Waals surface area contributed by atoms with Crippen LogP contribution in [0.3, 0.4) is 0 Å². The van der Waals surface area contributed by atoms with Crippen molar-refractivity contribution in [3.05, 3.63) is 29.3 Å². The van der Waals surface area contributed by atoms with E-state index in [9.17, 15) is 4.79 Å². The summed E-state index contributed by atoms with van der Waals surface area (Å²) in [6.07, 6.45) is 1.70. The molecule has 2 rings (SSSR count). The number of halogens is 2. The van der Waals surface area contributed by atoms with Crippen LogP contribution < -0.4 is 4.74 Å². The minimum atomic E-state index is -0.186. The van der Waals surface area contributed by atoms with E-state index in [4.69, 9.17) is 27.9 Å². The number of ether oxygens (including phenoxy) is 1. The van der Waals surface area contributed by atoms with Gasteiger partial charge in [0.2, 0.25) is 5.91 Å². The molecular formula is C15H17Cl2N3O2. The Hall–Kier alpha value is -1.59. The van der Waals surface area contributed by atoms with Crippen LogP contribution >= 0.6 is 23.2 Å². The number of carbonyl (C=O) groups excluding carboxylic acids is 1. The smallest absolute Gasteiger partial charge is 0.336 e. The molecule has 1 aromatic heterocycles. The molecule has 1 heterocycles. The van der Waals surface area contributed by atoms with Crippen molar-refractivity contribution in [3.8, 4) is 17.4 Å². The van der Waals surface area contributed by atoms with Gasteiger partial charge in [-0.1, -0.05) is 30.7 Å². The molecule has 1 aromatic carbocycles. The number of carbonyl (C=O) groups is 1. The van der Waals surface area contributed by atoms with E-state index in [-0.39, 0.29) is 18.3 Å². The van der Waals surface area contributed by atoms with Crippen LogP contribution in [-0.2, 0) is 0 Å². The second-order valence-corrected chi connectivity index (χ2v) is 5.43. The van der Waals surface area contributed by atoms with Crippen LogP contribution in [0.2, 0.25) is 5.02 Å². The molecule has 0 unspecified atom stereocenters. The minimum absolute atomic E-state index is 0.177. The number of nitrogens with zero attached hydrogens (tertiary/aromatic N) is 3. The number of aromatic nitrogens is 3. The average Bonchev–Trinajstić information content (AvgIpc) is 2.95. The van der Waals surface area contributed by atoms with Crippen molar-refractivity contribution in [1.29, 1.82) is 0 Å². The Kier molecular flexibility index (Phi) is 6.21. The maximum atomic E-state index is 12.3. The Labute approximate surface area is 139 Å². The van der Waals surface area contributed by atoms with Gasteiger partial charge in [-0.25, -0.2) is 0 Å². The van der Waals surface area contributed by atoms with E-state index in [2.05, 4.69) is 10.1 Å². The largest absolute Gasteiger partial charge is 0.462 e. The van der Waals surface area contributed by atoms with Gasteiger partial charge in [0, 0.05) is 17.9 Å². The highest BCUT2D eigenvalue weighted by Crippen LogP contribution is 2.27. The van der Waals surface area contributed by atoms with Crippen molar-refractivity contribution in [2.75, 3.05) is 12.5 Å². The summed E-state index contributed by atoms with van der Waals surface area (Å²) in [5, 5.41) is 4.65. The van der Waals surface area contributed by atoms with Gasteiger partial charge in [-0.2, -0.15) is 9.67 Å². The summed E-state index contributed by atoms with van der Waals surface area (Å²) in [6, 6.07) is 7.36. The van der Waals surface area contributed by atoms with E-state index in [1.165, 1.54) is 4.68 Å². The van der Waals surface area contributed by atoms with Crippen molar-refractivity contribution in [2.24, 2.45) is 0 Å². The zero-order valence-electron chi connectivity index (χ0n) is 12.3. The highest BCUT2D eigenvalue weighted by Gasteiger charge is 2.19. The number of hydrogen-bond donors (Lipinski definition) is 0. The fraction of sp³-hybridized carbons (Fsp3) is 0.400. The van der Waals surface area contributed by atoms with E-state index >= 15 is 0 Å². The first kappa shape index (κ1) is 16.8. The maximum Gasteiger partial charge on any atom is 0.336 e. The van der Waals surface area contributed by atoms with Gasteiger partial charge in [0.15, 0.2) is 5.82 Å². The zero-order chi connectivity index (χ0) is 15.9. The Morgan fingerprint density at radius 3 is 2.82 bits per heavy atom. The summed E-state index contributed by atoms with van der Waals surface area (Å²) in [7, 11) is 0. The summed E-state index contributed by atoms with van der Waals surface area (Å²) in [6.45, 7) is 2.47. The van der Waals surface area contributed by atoms with Gasteiger partial charge < -0.3 is 4.74 Å². The highest BCUT2D eigenvalue weighted by molar-refractivity contribution is 6.33. The normalized spacial score (nSPS) is 10.7. The van der Waals surface area contributed by atoms with Gasteiger partial charge >= 0.3 is 6.01 Å². The van der Waals surface area contributed by atoms with Gasteiger partial charge in [0.05, 0.1) is 11.6 Å². The van der Waals surface area contributed by atoms with Crippen LogP contribution in [0.4, 0.5) is 0 Å². The highest BCUT2D eigenvalue weighted by atomic mass is 35.5. The van der Waals surface area contributed by atoms with E-state index < -0.39 is 0 Å². The standard InChI is InChI=1S/C15H17Cl2N3O2/c1-2-10-22-15-18-14(11-6-3-4-7-12(11)17)20(19-15)13(21)8-5-9-16/h3-4,6-7H,2,5,8-10H2,1H3. The van der Waals surface area contributed by atoms with Gasteiger partial charge in [0.25, 0.3) is 0 Å². The molecule has 0 saturated carbocycles. The second-order valence-electron chi connectivity index (χ2n) is 4.64. The summed E-state index contributed by atoms with van der Waals surface area (Å²) in [4.78, 5) is 16.6. The Morgan fingerprint density at radius 2 is 2.14 bits per heavy atom. The molecule has 2 aromatic rings. The number of rotatable bonds is 7. The lowest BCUT2D eigenvalue weighted by atomic mass is 10.2. The maximum absolute atomic E-state index is 12.3. The molecule has 0 aliphatic rings. The van der Waals surface area contributed by atoms with E-state index in [1.54, 1.807) is 12.1 Å². The summed E-state index contributed by atoms with van der Waals surface area (Å²) in [5.74, 6) is 0.617. The number of alkyl halides is 1. The van der Waals surface area contributed by atoms with Crippen molar-refractivity contribution < 1.29 is 9.53 Å². The fourth-order valence-corrected chi connectivity index (χ4v) is 2.22. The molecule has 0 radical (unpaired) electrons. The quantitative estimate of drug-likeness (QED) is 0.713. The second kappa shape index (κ2) is 8.15. The fourth-order valence-electron chi connectivity index (χ4n) is 1.86. The Bertz CT molecular complexity index is 643. The third-order valence-corrected chi connectivity index (χ3v) is 3.50. The van der Waals surface area contributed by atoms with Crippen LogP contribution in [0, 0.1) is 0 Å². The van der Waals surface area contributed by atoms with Crippen LogP contribution in [0.15, 0.2) is 24.3 Å². The lowest BCUT2D eigenvalue weighted by molar-refractivity contribution is 0.0886. The Morgan fingerprint density at radius 1 is 1.36 bits per heavy atom. The third-order valence-electron chi connectivity index (χ3n) is 2.90. The van der Waals surface area contributed by atoms with Gasteiger partial charge in [-0.15, -0.1) is 16.7 Å². The molecule has 0 bridgehead atoms. The molecule has 0 fully saturated rings. The lowest BCUT2D eigenvalue weighted by Gasteiger charge is -2.05. The topological polar surface area (TPSA) is 57.0 Å². The molecule has 0 atom stereocenters. The summed E-state index contributed by atoms with van der Waals surface area (Å²) in [5.41, 5.74) is 0.641. The molecule has 0 saturated heterocycles. The average molecular weight is 342 g/mol. The molecule has 118 valence electrons. The number of hydrogen-bond acceptors (Lipinski definition) is 4. The first-order chi connectivity index (χ1) is 10.7.